The van der Waals surface area contributed by atoms with E-state index in [0.717, 1.165) is 0 Å². The second-order valence-corrected chi connectivity index (χ2v) is 6.88. The van der Waals surface area contributed by atoms with Crippen LogP contribution in [0.25, 0.3) is 0 Å². The standard InChI is InChI=1S/C24H26/c1-17-13-14-24(18(2)15-17)20(4)23-12-8-11-22(16-23)19(3)21-9-6-5-7-10-21/h5-16,19-20H,1-4H3. The smallest absolute Gasteiger partial charge is 0.00637 e. The second-order valence-electron chi connectivity index (χ2n) is 6.88. The van der Waals surface area contributed by atoms with Crippen molar-refractivity contribution in [3.8, 4) is 0 Å². The van der Waals surface area contributed by atoms with Gasteiger partial charge in [-0.3, -0.25) is 0 Å². The van der Waals surface area contributed by atoms with Gasteiger partial charge in [-0.1, -0.05) is 92.2 Å². The molecule has 3 aromatic rings. The Hall–Kier alpha value is -2.34. The van der Waals surface area contributed by atoms with Crippen LogP contribution >= 0.6 is 0 Å². The summed E-state index contributed by atoms with van der Waals surface area (Å²) in [5.41, 5.74) is 8.27. The van der Waals surface area contributed by atoms with Crippen LogP contribution in [0.5, 0.6) is 0 Å². The number of rotatable bonds is 4. The molecule has 122 valence electrons. The highest BCUT2D eigenvalue weighted by Crippen LogP contribution is 2.31. The average molecular weight is 314 g/mol. The topological polar surface area (TPSA) is 0 Å². The van der Waals surface area contributed by atoms with Gasteiger partial charge in [0.2, 0.25) is 0 Å². The Morgan fingerprint density at radius 2 is 1.21 bits per heavy atom. The number of hydrogen-bond acceptors (Lipinski definition) is 0. The lowest BCUT2D eigenvalue weighted by atomic mass is 9.86. The summed E-state index contributed by atoms with van der Waals surface area (Å²) < 4.78 is 0. The third-order valence-electron chi connectivity index (χ3n) is 5.10. The maximum absolute atomic E-state index is 2.38. The predicted octanol–water partition coefficient (Wildman–Crippen LogP) is 6.61. The van der Waals surface area contributed by atoms with Crippen molar-refractivity contribution in [2.45, 2.75) is 39.5 Å². The average Bonchev–Trinajstić information content (AvgIpc) is 2.61. The summed E-state index contributed by atoms with van der Waals surface area (Å²) in [6.45, 7) is 8.97. The molecule has 0 bridgehead atoms. The number of aryl methyl sites for hydroxylation is 2. The highest BCUT2D eigenvalue weighted by atomic mass is 14.2. The molecule has 0 amide bonds. The van der Waals surface area contributed by atoms with E-state index in [2.05, 4.69) is 100 Å². The van der Waals surface area contributed by atoms with Crippen LogP contribution in [0.2, 0.25) is 0 Å². The minimum atomic E-state index is 0.411. The molecular formula is C24H26. The Labute approximate surface area is 146 Å². The molecule has 3 rings (SSSR count). The molecule has 0 N–H and O–H groups in total. The first-order valence-corrected chi connectivity index (χ1v) is 8.78. The molecule has 0 fully saturated rings. The highest BCUT2D eigenvalue weighted by Gasteiger charge is 2.14. The molecule has 0 nitrogen and oxygen atoms in total. The zero-order chi connectivity index (χ0) is 17.1. The molecule has 0 radical (unpaired) electrons. The molecule has 0 heterocycles. The highest BCUT2D eigenvalue weighted by molar-refractivity contribution is 5.41. The summed E-state index contributed by atoms with van der Waals surface area (Å²) in [6, 6.07) is 26.6. The molecule has 3 aromatic carbocycles. The monoisotopic (exact) mass is 314 g/mol. The van der Waals surface area contributed by atoms with Crippen LogP contribution in [-0.2, 0) is 0 Å². The van der Waals surface area contributed by atoms with Crippen LogP contribution in [0.15, 0.2) is 72.8 Å². The third-order valence-corrected chi connectivity index (χ3v) is 5.10. The van der Waals surface area contributed by atoms with Crippen molar-refractivity contribution < 1.29 is 0 Å². The molecular weight excluding hydrogens is 288 g/mol. The van der Waals surface area contributed by atoms with Crippen LogP contribution in [0.4, 0.5) is 0 Å². The minimum absolute atomic E-state index is 0.411. The maximum Gasteiger partial charge on any atom is 0.00637 e. The van der Waals surface area contributed by atoms with Gasteiger partial charge in [0.05, 0.1) is 0 Å². The first-order chi connectivity index (χ1) is 11.6. The summed E-state index contributed by atoms with van der Waals surface area (Å²) in [7, 11) is 0. The van der Waals surface area contributed by atoms with Gasteiger partial charge in [-0.2, -0.15) is 0 Å². The predicted molar refractivity (Wildman–Crippen MR) is 104 cm³/mol. The van der Waals surface area contributed by atoms with Crippen LogP contribution in [0.3, 0.4) is 0 Å². The van der Waals surface area contributed by atoms with Crippen LogP contribution < -0.4 is 0 Å². The lowest BCUT2D eigenvalue weighted by Gasteiger charge is -2.19. The maximum atomic E-state index is 2.38. The van der Waals surface area contributed by atoms with E-state index in [4.69, 9.17) is 0 Å². The van der Waals surface area contributed by atoms with E-state index in [-0.39, 0.29) is 0 Å². The fourth-order valence-corrected chi connectivity index (χ4v) is 3.52. The lowest BCUT2D eigenvalue weighted by molar-refractivity contribution is 0.881. The third kappa shape index (κ3) is 3.43. The first-order valence-electron chi connectivity index (χ1n) is 8.78. The van der Waals surface area contributed by atoms with Crippen LogP contribution in [0.1, 0.15) is 59.1 Å². The van der Waals surface area contributed by atoms with Gasteiger partial charge in [-0.25, -0.2) is 0 Å². The van der Waals surface area contributed by atoms with Gasteiger partial charge in [-0.15, -0.1) is 0 Å². The van der Waals surface area contributed by atoms with E-state index in [1.54, 1.807) is 0 Å². The fraction of sp³-hybridized carbons (Fsp3) is 0.250. The van der Waals surface area contributed by atoms with E-state index in [1.165, 1.54) is 33.4 Å². The molecule has 0 spiro atoms. The van der Waals surface area contributed by atoms with Gasteiger partial charge < -0.3 is 0 Å². The number of hydrogen-bond donors (Lipinski definition) is 0. The molecule has 0 heteroatoms. The van der Waals surface area contributed by atoms with E-state index >= 15 is 0 Å². The fourth-order valence-electron chi connectivity index (χ4n) is 3.52. The van der Waals surface area contributed by atoms with E-state index in [1.807, 2.05) is 0 Å². The van der Waals surface area contributed by atoms with Crippen molar-refractivity contribution in [1.29, 1.82) is 0 Å². The Kier molecular flexibility index (Phi) is 4.85. The molecule has 0 aromatic heterocycles. The zero-order valence-corrected chi connectivity index (χ0v) is 15.1. The van der Waals surface area contributed by atoms with Crippen molar-refractivity contribution in [2.24, 2.45) is 0 Å². The van der Waals surface area contributed by atoms with Crippen molar-refractivity contribution in [1.82, 2.24) is 0 Å². The normalized spacial score (nSPS) is 13.5. The summed E-state index contributed by atoms with van der Waals surface area (Å²) in [4.78, 5) is 0. The first kappa shape index (κ1) is 16.5. The largest absolute Gasteiger partial charge is 0.0622 e. The lowest BCUT2D eigenvalue weighted by Crippen LogP contribution is -2.02. The van der Waals surface area contributed by atoms with Gasteiger partial charge in [-0.05, 0) is 41.7 Å². The van der Waals surface area contributed by atoms with E-state index in [9.17, 15) is 0 Å². The number of benzene rings is 3. The van der Waals surface area contributed by atoms with Crippen molar-refractivity contribution in [2.75, 3.05) is 0 Å². The molecule has 0 aliphatic rings. The molecule has 0 saturated heterocycles. The van der Waals surface area contributed by atoms with Gasteiger partial charge in [0, 0.05) is 11.8 Å². The van der Waals surface area contributed by atoms with Crippen molar-refractivity contribution >= 4 is 0 Å². The van der Waals surface area contributed by atoms with E-state index < -0.39 is 0 Å². The summed E-state index contributed by atoms with van der Waals surface area (Å²) in [5.74, 6) is 0.825. The summed E-state index contributed by atoms with van der Waals surface area (Å²) >= 11 is 0. The van der Waals surface area contributed by atoms with Crippen LogP contribution in [0, 0.1) is 13.8 Å². The molecule has 2 unspecified atom stereocenters. The molecule has 2 atom stereocenters. The van der Waals surface area contributed by atoms with Gasteiger partial charge in [0.1, 0.15) is 0 Å². The van der Waals surface area contributed by atoms with Gasteiger partial charge >= 0.3 is 0 Å². The molecule has 0 aliphatic heterocycles. The Morgan fingerprint density at radius 1 is 0.583 bits per heavy atom. The molecule has 24 heavy (non-hydrogen) atoms. The Bertz CT molecular complexity index is 814. The Balaban J connectivity index is 1.92. The summed E-state index contributed by atoms with van der Waals surface area (Å²) in [5, 5.41) is 0. The van der Waals surface area contributed by atoms with Gasteiger partial charge in [0.15, 0.2) is 0 Å². The molecule has 0 saturated carbocycles. The quantitative estimate of drug-likeness (QED) is 0.508. The van der Waals surface area contributed by atoms with Crippen molar-refractivity contribution in [3.63, 3.8) is 0 Å². The SMILES string of the molecule is Cc1ccc(C(C)c2cccc(C(C)c3ccccc3)c2)c(C)c1. The molecule has 0 aliphatic carbocycles. The second kappa shape index (κ2) is 7.05. The minimum Gasteiger partial charge on any atom is -0.0622 e. The van der Waals surface area contributed by atoms with E-state index in [0.29, 0.717) is 11.8 Å². The Morgan fingerprint density at radius 3 is 1.88 bits per heavy atom. The van der Waals surface area contributed by atoms with Crippen LogP contribution in [-0.4, -0.2) is 0 Å². The zero-order valence-electron chi connectivity index (χ0n) is 15.1. The summed E-state index contributed by atoms with van der Waals surface area (Å²) in [6.07, 6.45) is 0. The van der Waals surface area contributed by atoms with Crippen molar-refractivity contribution in [3.05, 3.63) is 106 Å². The van der Waals surface area contributed by atoms with Gasteiger partial charge in [0.25, 0.3) is 0 Å².